The van der Waals surface area contributed by atoms with Crippen molar-refractivity contribution in [3.8, 4) is 0 Å². The predicted octanol–water partition coefficient (Wildman–Crippen LogP) is 1.30. The summed E-state index contributed by atoms with van der Waals surface area (Å²) in [6.07, 6.45) is 3.60. The lowest BCUT2D eigenvalue weighted by atomic mass is 9.88. The second kappa shape index (κ2) is 5.06. The summed E-state index contributed by atoms with van der Waals surface area (Å²) in [4.78, 5) is 39.3. The zero-order chi connectivity index (χ0) is 16.2. The van der Waals surface area contributed by atoms with E-state index in [1.54, 1.807) is 16.2 Å². The Hall–Kier alpha value is -1.89. The molecule has 1 aliphatic carbocycles. The molecule has 2 fully saturated rings. The van der Waals surface area contributed by atoms with Gasteiger partial charge in [-0.1, -0.05) is 6.92 Å². The average Bonchev–Trinajstić information content (AvgIpc) is 3.17. The standard InChI is InChI=1S/C16H19N3O3S/c1-9-2-3-10-11(7-23-12(10)6-9)13(20)19-5-4-16(8-19)14(21)17-15(22)18-16/h7,9H,2-6,8H2,1H3,(H2,17,18,21,22)/t9-,16-/m1/s1. The van der Waals surface area contributed by atoms with Gasteiger partial charge in [-0.3, -0.25) is 14.9 Å². The number of hydrogen-bond acceptors (Lipinski definition) is 4. The van der Waals surface area contributed by atoms with Crippen molar-refractivity contribution < 1.29 is 14.4 Å². The normalized spacial score (nSPS) is 29.6. The maximum absolute atomic E-state index is 12.9. The first-order valence-corrected chi connectivity index (χ1v) is 8.88. The van der Waals surface area contributed by atoms with E-state index in [0.717, 1.165) is 24.8 Å². The van der Waals surface area contributed by atoms with Gasteiger partial charge in [-0.25, -0.2) is 4.79 Å². The largest absolute Gasteiger partial charge is 0.336 e. The van der Waals surface area contributed by atoms with Crippen LogP contribution in [0.15, 0.2) is 5.38 Å². The zero-order valence-corrected chi connectivity index (χ0v) is 13.8. The van der Waals surface area contributed by atoms with Crippen molar-refractivity contribution in [3.05, 3.63) is 21.4 Å². The van der Waals surface area contributed by atoms with Crippen molar-refractivity contribution in [1.82, 2.24) is 15.5 Å². The number of urea groups is 1. The van der Waals surface area contributed by atoms with Gasteiger partial charge in [-0.2, -0.15) is 0 Å². The molecule has 1 aromatic rings. The predicted molar refractivity (Wildman–Crippen MR) is 85.4 cm³/mol. The Labute approximate surface area is 138 Å². The van der Waals surface area contributed by atoms with Crippen LogP contribution < -0.4 is 10.6 Å². The Kier molecular flexibility index (Phi) is 3.23. The minimum atomic E-state index is -0.933. The second-order valence-electron chi connectivity index (χ2n) is 6.87. The Morgan fingerprint density at radius 1 is 1.43 bits per heavy atom. The highest BCUT2D eigenvalue weighted by Crippen LogP contribution is 2.34. The van der Waals surface area contributed by atoms with Gasteiger partial charge in [0, 0.05) is 16.8 Å². The van der Waals surface area contributed by atoms with E-state index >= 15 is 0 Å². The lowest BCUT2D eigenvalue weighted by Crippen LogP contribution is -2.49. The lowest BCUT2D eigenvalue weighted by Gasteiger charge is -2.22. The van der Waals surface area contributed by atoms with Crippen LogP contribution in [-0.2, 0) is 17.6 Å². The number of amides is 4. The third kappa shape index (κ3) is 2.25. The molecule has 0 aromatic carbocycles. The third-order valence-corrected chi connectivity index (χ3v) is 6.25. The molecule has 3 aliphatic rings. The average molecular weight is 333 g/mol. The number of nitrogens with zero attached hydrogens (tertiary/aromatic N) is 1. The fourth-order valence-electron chi connectivity index (χ4n) is 3.83. The van der Waals surface area contributed by atoms with Crippen molar-refractivity contribution in [2.24, 2.45) is 5.92 Å². The number of carbonyl (C=O) groups excluding carboxylic acids is 3. The van der Waals surface area contributed by atoms with Crippen molar-refractivity contribution in [1.29, 1.82) is 0 Å². The quantitative estimate of drug-likeness (QED) is 0.760. The maximum Gasteiger partial charge on any atom is 0.322 e. The number of rotatable bonds is 1. The molecule has 0 saturated carbocycles. The minimum Gasteiger partial charge on any atom is -0.336 e. The maximum atomic E-state index is 12.9. The van der Waals surface area contributed by atoms with E-state index in [9.17, 15) is 14.4 Å². The van der Waals surface area contributed by atoms with Gasteiger partial charge in [0.15, 0.2) is 0 Å². The Morgan fingerprint density at radius 3 is 3.00 bits per heavy atom. The van der Waals surface area contributed by atoms with Gasteiger partial charge < -0.3 is 10.2 Å². The van der Waals surface area contributed by atoms with Gasteiger partial charge in [0.1, 0.15) is 5.54 Å². The molecule has 0 radical (unpaired) electrons. The third-order valence-electron chi connectivity index (χ3n) is 5.20. The molecule has 0 unspecified atom stereocenters. The van der Waals surface area contributed by atoms with Crippen molar-refractivity contribution >= 4 is 29.2 Å². The van der Waals surface area contributed by atoms with Gasteiger partial charge in [0.2, 0.25) is 0 Å². The van der Waals surface area contributed by atoms with Crippen LogP contribution in [-0.4, -0.2) is 41.4 Å². The Balaban J connectivity index is 1.55. The van der Waals surface area contributed by atoms with E-state index in [4.69, 9.17) is 0 Å². The highest BCUT2D eigenvalue weighted by Gasteiger charge is 2.51. The monoisotopic (exact) mass is 333 g/mol. The summed E-state index contributed by atoms with van der Waals surface area (Å²) in [7, 11) is 0. The van der Waals surface area contributed by atoms with Crippen molar-refractivity contribution in [2.45, 2.75) is 38.1 Å². The summed E-state index contributed by atoms with van der Waals surface area (Å²) in [6.45, 7) is 2.99. The van der Waals surface area contributed by atoms with Gasteiger partial charge in [0.25, 0.3) is 11.8 Å². The molecule has 122 valence electrons. The first-order chi connectivity index (χ1) is 11.0. The molecule has 23 heavy (non-hydrogen) atoms. The van der Waals surface area contributed by atoms with Gasteiger partial charge >= 0.3 is 6.03 Å². The van der Waals surface area contributed by atoms with E-state index in [0.29, 0.717) is 18.9 Å². The van der Waals surface area contributed by atoms with Crippen LogP contribution in [0.25, 0.3) is 0 Å². The second-order valence-corrected chi connectivity index (χ2v) is 7.83. The molecule has 2 N–H and O–H groups in total. The Bertz CT molecular complexity index is 713. The van der Waals surface area contributed by atoms with E-state index in [1.165, 1.54) is 10.4 Å². The molecule has 3 heterocycles. The number of likely N-dealkylation sites (tertiary alicyclic amines) is 1. The minimum absolute atomic E-state index is 0.0112. The van der Waals surface area contributed by atoms with Gasteiger partial charge in [-0.15, -0.1) is 11.3 Å². The van der Waals surface area contributed by atoms with Crippen molar-refractivity contribution in [2.75, 3.05) is 13.1 Å². The molecule has 1 spiro atoms. The topological polar surface area (TPSA) is 78.5 Å². The number of hydrogen-bond donors (Lipinski definition) is 2. The first-order valence-electron chi connectivity index (χ1n) is 8.00. The highest BCUT2D eigenvalue weighted by atomic mass is 32.1. The van der Waals surface area contributed by atoms with Gasteiger partial charge in [-0.05, 0) is 37.2 Å². The number of nitrogens with one attached hydrogen (secondary N) is 2. The molecular formula is C16H19N3O3S. The number of fused-ring (bicyclic) bond motifs is 1. The number of thiophene rings is 1. The molecular weight excluding hydrogens is 314 g/mol. The molecule has 1 aromatic heterocycles. The van der Waals surface area contributed by atoms with Crippen molar-refractivity contribution in [3.63, 3.8) is 0 Å². The molecule has 2 aliphatic heterocycles. The molecule has 4 amide bonds. The van der Waals surface area contributed by atoms with Crippen LogP contribution in [0.3, 0.4) is 0 Å². The van der Waals surface area contributed by atoms with Crippen LogP contribution in [0.4, 0.5) is 4.79 Å². The molecule has 0 bridgehead atoms. The molecule has 2 saturated heterocycles. The Morgan fingerprint density at radius 2 is 2.26 bits per heavy atom. The van der Waals surface area contributed by atoms with Crippen LogP contribution in [0.1, 0.15) is 40.6 Å². The molecule has 7 heteroatoms. The fourth-order valence-corrected chi connectivity index (χ4v) is 5.06. The fraction of sp³-hybridized carbons (Fsp3) is 0.562. The molecule has 2 atom stereocenters. The van der Waals surface area contributed by atoms with Crippen LogP contribution in [0.5, 0.6) is 0 Å². The summed E-state index contributed by atoms with van der Waals surface area (Å²) in [6, 6.07) is -0.466. The highest BCUT2D eigenvalue weighted by molar-refractivity contribution is 7.10. The summed E-state index contributed by atoms with van der Waals surface area (Å²) >= 11 is 1.67. The van der Waals surface area contributed by atoms with E-state index < -0.39 is 11.6 Å². The van der Waals surface area contributed by atoms with Crippen LogP contribution in [0, 0.1) is 5.92 Å². The van der Waals surface area contributed by atoms with Crippen LogP contribution in [0.2, 0.25) is 0 Å². The summed E-state index contributed by atoms with van der Waals surface area (Å²) in [5.74, 6) is 0.346. The molecule has 4 rings (SSSR count). The summed E-state index contributed by atoms with van der Waals surface area (Å²) < 4.78 is 0. The van der Waals surface area contributed by atoms with Crippen LogP contribution >= 0.6 is 11.3 Å². The molecule has 6 nitrogen and oxygen atoms in total. The van der Waals surface area contributed by atoms with E-state index in [2.05, 4.69) is 17.6 Å². The zero-order valence-electron chi connectivity index (χ0n) is 13.0. The summed E-state index contributed by atoms with van der Waals surface area (Å²) in [5.41, 5.74) is 1.05. The lowest BCUT2D eigenvalue weighted by molar-refractivity contribution is -0.123. The number of imide groups is 1. The van der Waals surface area contributed by atoms with E-state index in [-0.39, 0.29) is 18.4 Å². The first kappa shape index (κ1) is 14.7. The van der Waals surface area contributed by atoms with E-state index in [1.807, 2.05) is 5.38 Å². The van der Waals surface area contributed by atoms with Gasteiger partial charge in [0.05, 0.1) is 12.1 Å². The number of carbonyl (C=O) groups is 3. The summed E-state index contributed by atoms with van der Waals surface area (Å²) in [5, 5.41) is 6.92. The SMILES string of the molecule is C[C@@H]1CCc2c(C(=O)N3CC[C@]4(C3)NC(=O)NC4=O)csc2C1. The smallest absolute Gasteiger partial charge is 0.322 e.